The van der Waals surface area contributed by atoms with Crippen LogP contribution < -0.4 is 0 Å². The fourth-order valence-corrected chi connectivity index (χ4v) is 3.17. The van der Waals surface area contributed by atoms with Crippen LogP contribution in [0.5, 0.6) is 11.5 Å². The first-order valence-corrected chi connectivity index (χ1v) is 10.0. The van der Waals surface area contributed by atoms with Gasteiger partial charge in [-0.15, -0.1) is 15.0 Å². The van der Waals surface area contributed by atoms with Gasteiger partial charge in [-0.1, -0.05) is 60.7 Å². The van der Waals surface area contributed by atoms with Crippen molar-refractivity contribution in [1.82, 2.24) is 15.0 Å². The number of para-hydroxylation sites is 1. The smallest absolute Gasteiger partial charge is 0.196 e. The molecular formula is C26H21N3O3. The minimum Gasteiger partial charge on any atom is -0.507 e. The highest BCUT2D eigenvalue weighted by atomic mass is 16.3. The van der Waals surface area contributed by atoms with Crippen LogP contribution >= 0.6 is 0 Å². The Morgan fingerprint density at radius 2 is 1.31 bits per heavy atom. The van der Waals surface area contributed by atoms with E-state index in [0.29, 0.717) is 16.8 Å². The molecule has 1 heterocycles. The average molecular weight is 423 g/mol. The molecule has 0 atom stereocenters. The van der Waals surface area contributed by atoms with Gasteiger partial charge in [-0.3, -0.25) is 4.79 Å². The van der Waals surface area contributed by atoms with Crippen molar-refractivity contribution >= 4 is 16.8 Å². The van der Waals surface area contributed by atoms with E-state index in [4.69, 9.17) is 0 Å². The second-order valence-electron chi connectivity index (χ2n) is 7.18. The number of fused-ring (bicyclic) bond motifs is 1. The Morgan fingerprint density at radius 1 is 0.719 bits per heavy atom. The van der Waals surface area contributed by atoms with Crippen LogP contribution in [-0.2, 0) is 0 Å². The zero-order valence-corrected chi connectivity index (χ0v) is 17.4. The molecule has 0 bridgehead atoms. The monoisotopic (exact) mass is 423 g/mol. The van der Waals surface area contributed by atoms with Crippen molar-refractivity contribution < 1.29 is 15.0 Å². The number of rotatable bonds is 3. The minimum absolute atomic E-state index is 0.0198. The number of hydrogen-bond acceptors (Lipinski definition) is 5. The third kappa shape index (κ3) is 4.49. The van der Waals surface area contributed by atoms with E-state index in [-0.39, 0.29) is 17.3 Å². The summed E-state index contributed by atoms with van der Waals surface area (Å²) in [5.74, 6) is 0.0379. The van der Waals surface area contributed by atoms with Gasteiger partial charge in [0.2, 0.25) is 0 Å². The van der Waals surface area contributed by atoms with Crippen molar-refractivity contribution in [3.63, 3.8) is 0 Å². The number of benzene rings is 4. The van der Waals surface area contributed by atoms with Gasteiger partial charge in [-0.05, 0) is 48.9 Å². The molecule has 1 aromatic heterocycles. The van der Waals surface area contributed by atoms with Gasteiger partial charge in [0.05, 0.1) is 5.56 Å². The molecule has 0 fully saturated rings. The number of aromatic hydroxyl groups is 2. The van der Waals surface area contributed by atoms with Crippen molar-refractivity contribution in [2.45, 2.75) is 6.92 Å². The van der Waals surface area contributed by atoms with Gasteiger partial charge in [-0.2, -0.15) is 0 Å². The van der Waals surface area contributed by atoms with Crippen LogP contribution in [0.3, 0.4) is 0 Å². The van der Waals surface area contributed by atoms with Gasteiger partial charge in [0, 0.05) is 5.56 Å². The number of aromatic nitrogens is 3. The molecule has 0 aliphatic heterocycles. The Labute approximate surface area is 185 Å². The lowest BCUT2D eigenvalue weighted by atomic mass is 10.0. The van der Waals surface area contributed by atoms with Gasteiger partial charge in [0.25, 0.3) is 0 Å². The highest BCUT2D eigenvalue weighted by Crippen LogP contribution is 2.22. The number of hydrogen-bond donors (Lipinski definition) is 2. The van der Waals surface area contributed by atoms with Gasteiger partial charge in [0.15, 0.2) is 5.78 Å². The molecule has 0 amide bonds. The van der Waals surface area contributed by atoms with Crippen molar-refractivity contribution in [3.8, 4) is 17.2 Å². The molecule has 2 N–H and O–H groups in total. The van der Waals surface area contributed by atoms with E-state index < -0.39 is 0 Å². The largest absolute Gasteiger partial charge is 0.507 e. The van der Waals surface area contributed by atoms with Gasteiger partial charge in [-0.25, -0.2) is 0 Å². The summed E-state index contributed by atoms with van der Waals surface area (Å²) in [6.45, 7) is 1.96. The summed E-state index contributed by atoms with van der Waals surface area (Å²) in [6, 6.07) is 28.4. The van der Waals surface area contributed by atoms with Crippen LogP contribution in [-0.4, -0.2) is 31.0 Å². The summed E-state index contributed by atoms with van der Waals surface area (Å²) < 4.78 is 0. The van der Waals surface area contributed by atoms with Gasteiger partial charge in [0.1, 0.15) is 28.2 Å². The van der Waals surface area contributed by atoms with E-state index in [1.807, 2.05) is 49.4 Å². The molecule has 0 aliphatic carbocycles. The zero-order chi connectivity index (χ0) is 22.5. The number of phenolic OH excluding ortho intramolecular Hbond substituents is 2. The normalized spacial score (nSPS) is 10.4. The summed E-state index contributed by atoms with van der Waals surface area (Å²) in [5.41, 5.74) is 4.20. The topological polar surface area (TPSA) is 88.2 Å². The molecule has 0 unspecified atom stereocenters. The summed E-state index contributed by atoms with van der Waals surface area (Å²) in [5, 5.41) is 28.0. The Bertz CT molecular complexity index is 1340. The van der Waals surface area contributed by atoms with Crippen LogP contribution in [0.2, 0.25) is 0 Å². The van der Waals surface area contributed by atoms with E-state index in [2.05, 4.69) is 10.2 Å². The number of aryl methyl sites for hydroxylation is 1. The lowest BCUT2D eigenvalue weighted by Crippen LogP contribution is -2.00. The van der Waals surface area contributed by atoms with E-state index in [1.165, 1.54) is 10.9 Å². The molecule has 6 heteroatoms. The molecule has 4 aromatic carbocycles. The maximum absolute atomic E-state index is 11.9. The zero-order valence-electron chi connectivity index (χ0n) is 17.4. The quantitative estimate of drug-likeness (QED) is 0.396. The maximum atomic E-state index is 11.9. The lowest BCUT2D eigenvalue weighted by Gasteiger charge is -2.03. The standard InChI is InChI=1S/C13H11N3O.C13H10O2/c1-9-6-7-13(17)12(8-9)16-14-10-4-2-3-5-11(10)15-16;14-12-9-5-4-8-11(12)13(15)10-6-2-1-3-7-10/h2-8,17H,1H3;1-9,14H. The van der Waals surface area contributed by atoms with Crippen molar-refractivity contribution in [1.29, 1.82) is 0 Å². The second-order valence-corrected chi connectivity index (χ2v) is 7.18. The SMILES string of the molecule is Cc1ccc(O)c(-n2nc3ccccc3n2)c1.O=C(c1ccccc1)c1ccccc1O. The van der Waals surface area contributed by atoms with E-state index >= 15 is 0 Å². The maximum Gasteiger partial charge on any atom is 0.196 e. The molecule has 0 spiro atoms. The highest BCUT2D eigenvalue weighted by Gasteiger charge is 2.11. The van der Waals surface area contributed by atoms with Crippen molar-refractivity contribution in [3.05, 3.63) is 114 Å². The lowest BCUT2D eigenvalue weighted by molar-refractivity contribution is 0.103. The van der Waals surface area contributed by atoms with Gasteiger partial charge < -0.3 is 10.2 Å². The summed E-state index contributed by atoms with van der Waals surface area (Å²) in [4.78, 5) is 13.4. The van der Waals surface area contributed by atoms with E-state index in [0.717, 1.165) is 16.6 Å². The molecule has 0 saturated carbocycles. The third-order valence-corrected chi connectivity index (χ3v) is 4.82. The third-order valence-electron chi connectivity index (χ3n) is 4.82. The van der Waals surface area contributed by atoms with Gasteiger partial charge >= 0.3 is 0 Å². The van der Waals surface area contributed by atoms with Crippen LogP contribution in [0.1, 0.15) is 21.5 Å². The van der Waals surface area contributed by atoms with Crippen LogP contribution in [0.15, 0.2) is 97.1 Å². The fraction of sp³-hybridized carbons (Fsp3) is 0.0385. The summed E-state index contributed by atoms with van der Waals surface area (Å²) >= 11 is 0. The molecule has 6 nitrogen and oxygen atoms in total. The summed E-state index contributed by atoms with van der Waals surface area (Å²) in [6.07, 6.45) is 0. The molecule has 32 heavy (non-hydrogen) atoms. The molecule has 5 aromatic rings. The highest BCUT2D eigenvalue weighted by molar-refractivity contribution is 6.10. The number of carbonyl (C=O) groups is 1. The fourth-order valence-electron chi connectivity index (χ4n) is 3.17. The van der Waals surface area contributed by atoms with Crippen LogP contribution in [0.4, 0.5) is 0 Å². The second kappa shape index (κ2) is 9.14. The first-order chi connectivity index (χ1) is 15.5. The number of carbonyl (C=O) groups excluding carboxylic acids is 1. The Hall–Kier alpha value is -4.45. The van der Waals surface area contributed by atoms with Crippen molar-refractivity contribution in [2.75, 3.05) is 0 Å². The van der Waals surface area contributed by atoms with E-state index in [9.17, 15) is 15.0 Å². The van der Waals surface area contributed by atoms with Crippen molar-refractivity contribution in [2.24, 2.45) is 0 Å². The molecule has 0 aliphatic rings. The number of ketones is 1. The first-order valence-electron chi connectivity index (χ1n) is 10.0. The number of nitrogens with zero attached hydrogens (tertiary/aromatic N) is 3. The predicted molar refractivity (Wildman–Crippen MR) is 123 cm³/mol. The average Bonchev–Trinajstić information content (AvgIpc) is 3.26. The van der Waals surface area contributed by atoms with E-state index in [1.54, 1.807) is 48.5 Å². The molecular weight excluding hydrogens is 402 g/mol. The predicted octanol–water partition coefficient (Wildman–Crippen LogP) is 5.06. The Balaban J connectivity index is 0.000000155. The summed E-state index contributed by atoms with van der Waals surface area (Å²) in [7, 11) is 0. The Kier molecular flexibility index (Phi) is 5.94. The Morgan fingerprint density at radius 3 is 1.97 bits per heavy atom. The minimum atomic E-state index is -0.159. The first kappa shape index (κ1) is 20.8. The molecule has 158 valence electrons. The van der Waals surface area contributed by atoms with Crippen LogP contribution in [0, 0.1) is 6.92 Å². The molecule has 0 radical (unpaired) electrons. The molecule has 5 rings (SSSR count). The molecule has 0 saturated heterocycles. The van der Waals surface area contributed by atoms with Crippen LogP contribution in [0.25, 0.3) is 16.7 Å². The number of phenols is 2.